The Kier molecular flexibility index (Phi) is 5.57. The van der Waals surface area contributed by atoms with Gasteiger partial charge in [-0.15, -0.1) is 0 Å². The second-order valence-corrected chi connectivity index (χ2v) is 5.45. The van der Waals surface area contributed by atoms with Crippen LogP contribution in [-0.4, -0.2) is 18.0 Å². The summed E-state index contributed by atoms with van der Waals surface area (Å²) in [4.78, 5) is 23.3. The van der Waals surface area contributed by atoms with Crippen molar-refractivity contribution in [1.29, 1.82) is 0 Å². The molecule has 0 saturated carbocycles. The summed E-state index contributed by atoms with van der Waals surface area (Å²) in [5, 5.41) is 6.24. The van der Waals surface area contributed by atoms with E-state index < -0.39 is 11.8 Å². The van der Waals surface area contributed by atoms with Crippen molar-refractivity contribution in [2.75, 3.05) is 0 Å². The number of benzene rings is 2. The molecule has 1 aromatic heterocycles. The van der Waals surface area contributed by atoms with Crippen molar-refractivity contribution in [3.8, 4) is 11.1 Å². The van der Waals surface area contributed by atoms with Crippen LogP contribution in [0.2, 0.25) is 0 Å². The van der Waals surface area contributed by atoms with E-state index in [1.807, 2.05) is 54.6 Å². The largest absolute Gasteiger partial charge is 0.467 e. The number of hydrogen-bond donors (Lipinski definition) is 2. The molecule has 0 aliphatic heterocycles. The summed E-state index contributed by atoms with van der Waals surface area (Å²) in [5.41, 5.74) is 5.21. The van der Waals surface area contributed by atoms with Crippen LogP contribution in [-0.2, 0) is 16.1 Å². The first-order valence-electron chi connectivity index (χ1n) is 8.01. The fourth-order valence-corrected chi connectivity index (χ4v) is 2.27. The predicted molar refractivity (Wildman–Crippen MR) is 98.2 cm³/mol. The van der Waals surface area contributed by atoms with E-state index in [1.165, 1.54) is 12.5 Å². The Labute approximate surface area is 150 Å². The molecule has 130 valence electrons. The summed E-state index contributed by atoms with van der Waals surface area (Å²) in [7, 11) is 0. The summed E-state index contributed by atoms with van der Waals surface area (Å²) in [6.07, 6.45) is 2.97. The Morgan fingerprint density at radius 1 is 0.885 bits per heavy atom. The molecule has 0 atom stereocenters. The highest BCUT2D eigenvalue weighted by Gasteiger charge is 2.12. The van der Waals surface area contributed by atoms with Crippen molar-refractivity contribution in [3.63, 3.8) is 0 Å². The highest BCUT2D eigenvalue weighted by atomic mass is 16.3. The number of carbonyl (C=O) groups is 2. The van der Waals surface area contributed by atoms with Gasteiger partial charge in [-0.3, -0.25) is 9.59 Å². The SMILES string of the molecule is O=C(NCc1ccco1)C(=O)N/N=C\c1ccc(-c2ccccc2)cc1. The zero-order valence-electron chi connectivity index (χ0n) is 13.9. The highest BCUT2D eigenvalue weighted by Crippen LogP contribution is 2.18. The molecule has 0 radical (unpaired) electrons. The van der Waals surface area contributed by atoms with Gasteiger partial charge in [0.05, 0.1) is 19.0 Å². The van der Waals surface area contributed by atoms with Crippen LogP contribution in [0.15, 0.2) is 82.5 Å². The first-order valence-corrected chi connectivity index (χ1v) is 8.01. The van der Waals surface area contributed by atoms with Crippen LogP contribution >= 0.6 is 0 Å². The molecule has 0 aliphatic rings. The van der Waals surface area contributed by atoms with Crippen LogP contribution < -0.4 is 10.7 Å². The van der Waals surface area contributed by atoms with E-state index in [1.54, 1.807) is 12.1 Å². The standard InChI is InChI=1S/C20H17N3O3/c24-19(21-14-18-7-4-12-26-18)20(25)23-22-13-15-8-10-17(11-9-15)16-5-2-1-3-6-16/h1-13H,14H2,(H,21,24)(H,23,25)/b22-13-. The summed E-state index contributed by atoms with van der Waals surface area (Å²) in [6.45, 7) is 0.143. The first-order chi connectivity index (χ1) is 12.7. The molecule has 0 unspecified atom stereocenters. The van der Waals surface area contributed by atoms with E-state index in [2.05, 4.69) is 15.8 Å². The lowest BCUT2D eigenvalue weighted by Crippen LogP contribution is -2.37. The number of amides is 2. The van der Waals surface area contributed by atoms with Crippen LogP contribution in [0.1, 0.15) is 11.3 Å². The molecule has 2 N–H and O–H groups in total. The number of hydrogen-bond acceptors (Lipinski definition) is 4. The minimum atomic E-state index is -0.839. The van der Waals surface area contributed by atoms with Crippen molar-refractivity contribution in [2.24, 2.45) is 5.10 Å². The van der Waals surface area contributed by atoms with Gasteiger partial charge in [-0.2, -0.15) is 5.10 Å². The maximum atomic E-state index is 11.7. The Morgan fingerprint density at radius 2 is 1.62 bits per heavy atom. The Morgan fingerprint density at radius 3 is 2.31 bits per heavy atom. The monoisotopic (exact) mass is 347 g/mol. The third-order valence-corrected chi connectivity index (χ3v) is 3.61. The molecule has 2 amide bonds. The van der Waals surface area contributed by atoms with Gasteiger partial charge >= 0.3 is 11.8 Å². The topological polar surface area (TPSA) is 83.7 Å². The normalized spacial score (nSPS) is 10.6. The summed E-state index contributed by atoms with van der Waals surface area (Å²) >= 11 is 0. The average molecular weight is 347 g/mol. The zero-order chi connectivity index (χ0) is 18.2. The lowest BCUT2D eigenvalue weighted by molar-refractivity contribution is -0.139. The molecule has 6 heteroatoms. The number of rotatable bonds is 5. The number of furan rings is 1. The van der Waals surface area contributed by atoms with Crippen LogP contribution in [0.3, 0.4) is 0 Å². The molecule has 0 bridgehead atoms. The second-order valence-electron chi connectivity index (χ2n) is 5.45. The number of nitrogens with one attached hydrogen (secondary N) is 2. The smallest absolute Gasteiger partial charge is 0.329 e. The van der Waals surface area contributed by atoms with E-state index in [0.29, 0.717) is 5.76 Å². The molecule has 6 nitrogen and oxygen atoms in total. The third kappa shape index (κ3) is 4.67. The summed E-state index contributed by atoms with van der Waals surface area (Å²) < 4.78 is 5.07. The first kappa shape index (κ1) is 17.2. The van der Waals surface area contributed by atoms with Gasteiger partial charge in [0.15, 0.2) is 0 Å². The van der Waals surface area contributed by atoms with Gasteiger partial charge in [0.1, 0.15) is 5.76 Å². The third-order valence-electron chi connectivity index (χ3n) is 3.61. The fraction of sp³-hybridized carbons (Fsp3) is 0.0500. The Balaban J connectivity index is 1.50. The molecule has 0 saturated heterocycles. The molecule has 0 fully saturated rings. The quantitative estimate of drug-likeness (QED) is 0.423. The minimum Gasteiger partial charge on any atom is -0.467 e. The molecule has 2 aromatic carbocycles. The fourth-order valence-electron chi connectivity index (χ4n) is 2.27. The molecule has 26 heavy (non-hydrogen) atoms. The average Bonchev–Trinajstić information content (AvgIpc) is 3.21. The Hall–Kier alpha value is -3.67. The predicted octanol–water partition coefficient (Wildman–Crippen LogP) is 2.71. The van der Waals surface area contributed by atoms with Crippen molar-refractivity contribution in [1.82, 2.24) is 10.7 Å². The van der Waals surface area contributed by atoms with Gasteiger partial charge in [0.25, 0.3) is 0 Å². The minimum absolute atomic E-state index is 0.143. The second kappa shape index (κ2) is 8.43. The molecular weight excluding hydrogens is 330 g/mol. The van der Waals surface area contributed by atoms with Crippen molar-refractivity contribution in [3.05, 3.63) is 84.3 Å². The number of nitrogens with zero attached hydrogens (tertiary/aromatic N) is 1. The van der Waals surface area contributed by atoms with Crippen LogP contribution in [0.5, 0.6) is 0 Å². The van der Waals surface area contributed by atoms with E-state index >= 15 is 0 Å². The van der Waals surface area contributed by atoms with Gasteiger partial charge in [0.2, 0.25) is 0 Å². The molecule has 0 spiro atoms. The van der Waals surface area contributed by atoms with Gasteiger partial charge in [0, 0.05) is 0 Å². The maximum absolute atomic E-state index is 11.7. The van der Waals surface area contributed by atoms with Crippen LogP contribution in [0.4, 0.5) is 0 Å². The molecule has 3 rings (SSSR count). The van der Waals surface area contributed by atoms with Crippen LogP contribution in [0.25, 0.3) is 11.1 Å². The van der Waals surface area contributed by atoms with E-state index in [9.17, 15) is 9.59 Å². The molecule has 3 aromatic rings. The van der Waals surface area contributed by atoms with Gasteiger partial charge < -0.3 is 9.73 Å². The number of hydrazone groups is 1. The van der Waals surface area contributed by atoms with Gasteiger partial charge in [-0.25, -0.2) is 5.43 Å². The molecule has 1 heterocycles. The van der Waals surface area contributed by atoms with Crippen LogP contribution in [0, 0.1) is 0 Å². The lowest BCUT2D eigenvalue weighted by Gasteiger charge is -2.02. The molecular formula is C20H17N3O3. The maximum Gasteiger partial charge on any atom is 0.329 e. The van der Waals surface area contributed by atoms with E-state index in [4.69, 9.17) is 4.42 Å². The lowest BCUT2D eigenvalue weighted by atomic mass is 10.0. The van der Waals surface area contributed by atoms with E-state index in [0.717, 1.165) is 16.7 Å². The highest BCUT2D eigenvalue weighted by molar-refractivity contribution is 6.35. The van der Waals surface area contributed by atoms with Gasteiger partial charge in [-0.1, -0.05) is 54.6 Å². The van der Waals surface area contributed by atoms with E-state index in [-0.39, 0.29) is 6.54 Å². The van der Waals surface area contributed by atoms with Crippen molar-refractivity contribution < 1.29 is 14.0 Å². The van der Waals surface area contributed by atoms with Crippen molar-refractivity contribution >= 4 is 18.0 Å². The number of carbonyl (C=O) groups excluding carboxylic acids is 2. The molecule has 0 aliphatic carbocycles. The van der Waals surface area contributed by atoms with Gasteiger partial charge in [-0.05, 0) is 28.8 Å². The Bertz CT molecular complexity index is 886. The summed E-state index contributed by atoms with van der Waals surface area (Å²) in [5.74, 6) is -1.06. The summed E-state index contributed by atoms with van der Waals surface area (Å²) in [6, 6.07) is 21.1. The van der Waals surface area contributed by atoms with Crippen molar-refractivity contribution in [2.45, 2.75) is 6.54 Å². The zero-order valence-corrected chi connectivity index (χ0v) is 13.9.